The molecule has 0 radical (unpaired) electrons. The summed E-state index contributed by atoms with van der Waals surface area (Å²) >= 11 is 0. The lowest BCUT2D eigenvalue weighted by atomic mass is 10.2. The molecule has 0 atom stereocenters. The fourth-order valence-electron chi connectivity index (χ4n) is 2.02. The first-order chi connectivity index (χ1) is 10.0. The highest BCUT2D eigenvalue weighted by molar-refractivity contribution is 7.90. The Morgan fingerprint density at radius 2 is 2.10 bits per heavy atom. The van der Waals surface area contributed by atoms with Crippen molar-refractivity contribution in [1.29, 1.82) is 0 Å². The van der Waals surface area contributed by atoms with Crippen LogP contribution < -0.4 is 10.0 Å². The summed E-state index contributed by atoms with van der Waals surface area (Å²) in [7, 11) is -3.60. The van der Waals surface area contributed by atoms with Crippen molar-refractivity contribution in [3.63, 3.8) is 0 Å². The first-order valence-corrected chi connectivity index (χ1v) is 8.23. The van der Waals surface area contributed by atoms with Gasteiger partial charge in [-0.3, -0.25) is 4.72 Å². The largest absolute Gasteiger partial charge is 0.462 e. The first-order valence-electron chi connectivity index (χ1n) is 6.78. The maximum absolute atomic E-state index is 12.2. The summed E-state index contributed by atoms with van der Waals surface area (Å²) < 4.78 is 33.2. The quantitative estimate of drug-likeness (QED) is 0.770. The van der Waals surface area contributed by atoms with Crippen molar-refractivity contribution in [2.75, 3.05) is 37.5 Å². The molecule has 0 unspecified atom stereocenters. The first kappa shape index (κ1) is 15.7. The Kier molecular flexibility index (Phi) is 5.16. The Labute approximate surface area is 124 Å². The number of anilines is 1. The third-order valence-electron chi connectivity index (χ3n) is 3.04. The van der Waals surface area contributed by atoms with Gasteiger partial charge >= 0.3 is 16.2 Å². The Balaban J connectivity index is 2.11. The van der Waals surface area contributed by atoms with E-state index in [2.05, 4.69) is 10.0 Å². The average Bonchev–Trinajstić information content (AvgIpc) is 2.48. The van der Waals surface area contributed by atoms with Crippen LogP contribution in [0.1, 0.15) is 17.3 Å². The van der Waals surface area contributed by atoms with E-state index in [-0.39, 0.29) is 6.61 Å². The topological polar surface area (TPSA) is 87.7 Å². The highest BCUT2D eigenvalue weighted by atomic mass is 32.2. The molecule has 116 valence electrons. The van der Waals surface area contributed by atoms with E-state index < -0.39 is 16.2 Å². The van der Waals surface area contributed by atoms with E-state index in [0.29, 0.717) is 37.4 Å². The van der Waals surface area contributed by atoms with Crippen LogP contribution >= 0.6 is 0 Å². The zero-order valence-corrected chi connectivity index (χ0v) is 12.6. The number of hydrogen-bond donors (Lipinski definition) is 2. The van der Waals surface area contributed by atoms with Crippen molar-refractivity contribution in [3.05, 3.63) is 29.8 Å². The summed E-state index contributed by atoms with van der Waals surface area (Å²) in [5.41, 5.74) is 0.663. The van der Waals surface area contributed by atoms with Gasteiger partial charge in [-0.1, -0.05) is 6.07 Å². The third-order valence-corrected chi connectivity index (χ3v) is 4.58. The van der Waals surface area contributed by atoms with Gasteiger partial charge in [-0.05, 0) is 25.1 Å². The number of nitrogens with zero attached hydrogens (tertiary/aromatic N) is 1. The van der Waals surface area contributed by atoms with Gasteiger partial charge in [-0.25, -0.2) is 4.79 Å². The van der Waals surface area contributed by atoms with Crippen molar-refractivity contribution < 1.29 is 17.9 Å². The fraction of sp³-hybridized carbons (Fsp3) is 0.462. The number of piperazine rings is 1. The van der Waals surface area contributed by atoms with Crippen LogP contribution in [0.15, 0.2) is 24.3 Å². The van der Waals surface area contributed by atoms with E-state index in [4.69, 9.17) is 4.74 Å². The van der Waals surface area contributed by atoms with E-state index in [1.165, 1.54) is 10.4 Å². The molecular weight excluding hydrogens is 294 g/mol. The predicted molar refractivity (Wildman–Crippen MR) is 79.4 cm³/mol. The van der Waals surface area contributed by atoms with E-state index in [1.807, 2.05) is 0 Å². The number of benzene rings is 1. The summed E-state index contributed by atoms with van der Waals surface area (Å²) in [4.78, 5) is 11.6. The highest BCUT2D eigenvalue weighted by Crippen LogP contribution is 2.15. The number of carbonyl (C=O) groups is 1. The summed E-state index contributed by atoms with van der Waals surface area (Å²) in [6, 6.07) is 6.27. The highest BCUT2D eigenvalue weighted by Gasteiger charge is 2.23. The molecule has 1 aromatic carbocycles. The molecule has 0 saturated carbocycles. The Bertz CT molecular complexity index is 597. The lowest BCUT2D eigenvalue weighted by Gasteiger charge is -2.26. The number of hydrogen-bond acceptors (Lipinski definition) is 5. The molecule has 0 spiro atoms. The average molecular weight is 313 g/mol. The molecule has 1 aliphatic rings. The zero-order valence-electron chi connectivity index (χ0n) is 11.8. The third kappa shape index (κ3) is 4.16. The van der Waals surface area contributed by atoms with Crippen LogP contribution in [-0.2, 0) is 14.9 Å². The summed E-state index contributed by atoms with van der Waals surface area (Å²) in [5.74, 6) is -0.472. The molecule has 0 bridgehead atoms. The smallest absolute Gasteiger partial charge is 0.338 e. The number of carbonyl (C=O) groups excluding carboxylic acids is 1. The van der Waals surface area contributed by atoms with Crippen LogP contribution in [-0.4, -0.2) is 51.5 Å². The normalized spacial score (nSPS) is 16.4. The summed E-state index contributed by atoms with van der Waals surface area (Å²) in [6.07, 6.45) is 0. The lowest BCUT2D eigenvalue weighted by Crippen LogP contribution is -2.48. The van der Waals surface area contributed by atoms with Crippen molar-refractivity contribution in [3.8, 4) is 0 Å². The molecule has 0 aliphatic carbocycles. The molecule has 1 aromatic rings. The Morgan fingerprint density at radius 1 is 1.38 bits per heavy atom. The van der Waals surface area contributed by atoms with Crippen molar-refractivity contribution in [2.24, 2.45) is 0 Å². The molecule has 1 saturated heterocycles. The van der Waals surface area contributed by atoms with Crippen LogP contribution in [0.5, 0.6) is 0 Å². The monoisotopic (exact) mass is 313 g/mol. The van der Waals surface area contributed by atoms with Gasteiger partial charge < -0.3 is 10.1 Å². The lowest BCUT2D eigenvalue weighted by molar-refractivity contribution is 0.0526. The molecule has 1 heterocycles. The van der Waals surface area contributed by atoms with Crippen LogP contribution in [0.3, 0.4) is 0 Å². The van der Waals surface area contributed by atoms with Gasteiger partial charge in [0.05, 0.1) is 17.9 Å². The molecule has 21 heavy (non-hydrogen) atoms. The maximum atomic E-state index is 12.2. The molecule has 7 nitrogen and oxygen atoms in total. The van der Waals surface area contributed by atoms with E-state index >= 15 is 0 Å². The van der Waals surface area contributed by atoms with Gasteiger partial charge in [0.1, 0.15) is 0 Å². The molecule has 1 fully saturated rings. The minimum atomic E-state index is -3.60. The standard InChI is InChI=1S/C13H19N3O4S/c1-2-20-13(17)11-4-3-5-12(10-11)15-21(18,19)16-8-6-14-7-9-16/h3-5,10,14-15H,2,6-9H2,1H3. The van der Waals surface area contributed by atoms with Gasteiger partial charge in [0.2, 0.25) is 0 Å². The number of nitrogens with one attached hydrogen (secondary N) is 2. The second-order valence-electron chi connectivity index (χ2n) is 4.56. The fourth-order valence-corrected chi connectivity index (χ4v) is 3.24. The molecule has 8 heteroatoms. The maximum Gasteiger partial charge on any atom is 0.338 e. The number of rotatable bonds is 5. The van der Waals surface area contributed by atoms with Gasteiger partial charge in [-0.2, -0.15) is 12.7 Å². The van der Waals surface area contributed by atoms with Gasteiger partial charge in [0, 0.05) is 26.2 Å². The predicted octanol–water partition coefficient (Wildman–Crippen LogP) is 0.425. The second kappa shape index (κ2) is 6.88. The molecule has 0 aromatic heterocycles. The van der Waals surface area contributed by atoms with Crippen LogP contribution in [0.2, 0.25) is 0 Å². The minimum Gasteiger partial charge on any atom is -0.462 e. The number of ether oxygens (including phenoxy) is 1. The van der Waals surface area contributed by atoms with Crippen molar-refractivity contribution in [1.82, 2.24) is 9.62 Å². The molecule has 1 aliphatic heterocycles. The zero-order chi connectivity index (χ0) is 15.3. The molecule has 2 N–H and O–H groups in total. The van der Waals surface area contributed by atoms with E-state index in [9.17, 15) is 13.2 Å². The Morgan fingerprint density at radius 3 is 2.76 bits per heavy atom. The second-order valence-corrected chi connectivity index (χ2v) is 6.23. The minimum absolute atomic E-state index is 0.273. The van der Waals surface area contributed by atoms with E-state index in [1.54, 1.807) is 25.1 Å². The van der Waals surface area contributed by atoms with Crippen LogP contribution in [0.25, 0.3) is 0 Å². The summed E-state index contributed by atoms with van der Waals surface area (Å²) in [6.45, 7) is 4.10. The Hall–Kier alpha value is -1.64. The molecular formula is C13H19N3O4S. The molecule has 2 rings (SSSR count). The SMILES string of the molecule is CCOC(=O)c1cccc(NS(=O)(=O)N2CCNCC2)c1. The van der Waals surface area contributed by atoms with Crippen LogP contribution in [0.4, 0.5) is 5.69 Å². The van der Waals surface area contributed by atoms with Gasteiger partial charge in [0.25, 0.3) is 0 Å². The molecule has 0 amide bonds. The van der Waals surface area contributed by atoms with E-state index in [0.717, 1.165) is 0 Å². The van der Waals surface area contributed by atoms with Crippen molar-refractivity contribution >= 4 is 21.9 Å². The number of esters is 1. The van der Waals surface area contributed by atoms with Crippen LogP contribution in [0, 0.1) is 0 Å². The van der Waals surface area contributed by atoms with Crippen molar-refractivity contribution in [2.45, 2.75) is 6.92 Å². The summed E-state index contributed by atoms with van der Waals surface area (Å²) in [5, 5.41) is 3.09. The van der Waals surface area contributed by atoms with Gasteiger partial charge in [0.15, 0.2) is 0 Å². The van der Waals surface area contributed by atoms with Gasteiger partial charge in [-0.15, -0.1) is 0 Å².